The van der Waals surface area contributed by atoms with Gasteiger partial charge in [-0.3, -0.25) is 0 Å². The summed E-state index contributed by atoms with van der Waals surface area (Å²) in [5.41, 5.74) is 18.2. The van der Waals surface area contributed by atoms with E-state index in [1.807, 2.05) is 0 Å². The third kappa shape index (κ3) is 5.43. The summed E-state index contributed by atoms with van der Waals surface area (Å²) in [4.78, 5) is 0. The van der Waals surface area contributed by atoms with E-state index in [1.54, 1.807) is 14.9 Å². The maximum atomic E-state index is 11.0. The Bertz CT molecular complexity index is 669. The molecule has 2 saturated heterocycles. The second kappa shape index (κ2) is 11.3. The van der Waals surface area contributed by atoms with Gasteiger partial charge in [0.25, 0.3) is 0 Å². The Labute approximate surface area is 198 Å². The Balaban J connectivity index is 1.82. The number of ether oxygens (including phenoxy) is 4. The predicted molar refractivity (Wildman–Crippen MR) is 118 cm³/mol. The minimum atomic E-state index is -1.46. The molecule has 2 heterocycles. The van der Waals surface area contributed by atoms with E-state index < -0.39 is 97.8 Å². The average molecular weight is 494 g/mol. The Morgan fingerprint density at radius 3 is 1.94 bits per heavy atom. The summed E-state index contributed by atoms with van der Waals surface area (Å²) in [6.07, 6.45) is -14.7. The summed E-state index contributed by atoms with van der Waals surface area (Å²) in [6.45, 7) is 2.99. The molecule has 198 valence electrons. The molecule has 14 unspecified atom stereocenters. The highest BCUT2D eigenvalue weighted by molar-refractivity contribution is 6.04. The van der Waals surface area contributed by atoms with Gasteiger partial charge in [0.05, 0.1) is 18.2 Å². The molecule has 0 bridgehead atoms. The van der Waals surface area contributed by atoms with Gasteiger partial charge in [0.1, 0.15) is 48.8 Å². The molecular formula is C19H39BN4O10. The molecule has 34 heavy (non-hydrogen) atoms. The van der Waals surface area contributed by atoms with Crippen LogP contribution in [0.1, 0.15) is 20.3 Å². The molecule has 0 radical (unpaired) electrons. The molecule has 1 aliphatic carbocycles. The zero-order valence-corrected chi connectivity index (χ0v) is 19.5. The van der Waals surface area contributed by atoms with Crippen LogP contribution in [-0.2, 0) is 18.9 Å². The van der Waals surface area contributed by atoms with Gasteiger partial charge in [-0.05, 0) is 20.3 Å². The van der Waals surface area contributed by atoms with Crippen LogP contribution in [0.25, 0.3) is 0 Å². The first-order valence-corrected chi connectivity index (χ1v) is 11.5. The van der Waals surface area contributed by atoms with Gasteiger partial charge in [0.2, 0.25) is 0 Å². The van der Waals surface area contributed by atoms with Gasteiger partial charge < -0.3 is 72.0 Å². The second-order valence-corrected chi connectivity index (χ2v) is 9.56. The third-order valence-corrected chi connectivity index (χ3v) is 6.91. The number of hydrogen-bond donors (Lipinski definition) is 10. The number of nitrogens with two attached hydrogens (primary N) is 3. The molecule has 0 aromatic rings. The third-order valence-electron chi connectivity index (χ3n) is 6.91. The largest absolute Gasteiger partial charge is 0.391 e. The van der Waals surface area contributed by atoms with Crippen molar-refractivity contribution >= 4 is 7.98 Å². The molecule has 16 atom stereocenters. The monoisotopic (exact) mass is 494 g/mol. The van der Waals surface area contributed by atoms with Crippen LogP contribution < -0.4 is 22.4 Å². The van der Waals surface area contributed by atoms with E-state index in [0.717, 1.165) is 0 Å². The average Bonchev–Trinajstić information content (AvgIpc) is 3.06. The molecule has 0 spiro atoms. The lowest BCUT2D eigenvalue weighted by atomic mass is 9.83. The fraction of sp³-hybridized carbons (Fsp3) is 1.00. The standard InChI is InChI=1S/C19H39BN4O10/c1-4(21)14-12(29)13(30)19(31-14)34-17-9(26)7(24-20)3-6(22)16(17)33-18-8(23)10(27)11(28)15(32-18)5(2)25/h4-19,24-30H,3,20-23H2,1-2H3/t4-,5+,6?,7?,8?,9?,10?,11?,12?,13?,14?,15?,16?,17?,18?,19?/m0/s1. The van der Waals surface area contributed by atoms with Crippen molar-refractivity contribution in [2.24, 2.45) is 17.2 Å². The Hall–Kier alpha value is -0.495. The van der Waals surface area contributed by atoms with Crippen LogP contribution >= 0.6 is 0 Å². The van der Waals surface area contributed by atoms with Crippen LogP contribution in [-0.4, -0.2) is 136 Å². The second-order valence-electron chi connectivity index (χ2n) is 9.56. The maximum Gasteiger partial charge on any atom is 0.187 e. The zero-order chi connectivity index (χ0) is 25.5. The number of nitrogens with one attached hydrogen (secondary N) is 1. The normalized spacial score (nSPS) is 51.9. The van der Waals surface area contributed by atoms with E-state index in [0.29, 0.717) is 0 Å². The molecule has 0 amide bonds. The van der Waals surface area contributed by atoms with Gasteiger partial charge in [-0.2, -0.15) is 0 Å². The smallest absolute Gasteiger partial charge is 0.187 e. The molecule has 3 rings (SSSR count). The van der Waals surface area contributed by atoms with Crippen LogP contribution in [0.2, 0.25) is 0 Å². The Morgan fingerprint density at radius 1 is 0.853 bits per heavy atom. The SMILES string of the molecule is BNC1CC(N)C(OC2OC([C@@H](C)O)C(O)C(O)C2N)C(OC2OC([C@H](C)N)C(O)C2O)C1O. The van der Waals surface area contributed by atoms with Gasteiger partial charge in [-0.15, -0.1) is 0 Å². The molecule has 3 aliphatic rings. The number of hydrogen-bond acceptors (Lipinski definition) is 14. The molecule has 0 aromatic carbocycles. The van der Waals surface area contributed by atoms with Gasteiger partial charge >= 0.3 is 0 Å². The van der Waals surface area contributed by atoms with Gasteiger partial charge in [0, 0.05) is 18.1 Å². The highest BCUT2D eigenvalue weighted by Crippen LogP contribution is 2.33. The fourth-order valence-corrected chi connectivity index (χ4v) is 4.82. The first-order chi connectivity index (χ1) is 15.9. The van der Waals surface area contributed by atoms with E-state index in [-0.39, 0.29) is 6.42 Å². The van der Waals surface area contributed by atoms with Crippen LogP contribution in [0.4, 0.5) is 0 Å². The minimum absolute atomic E-state index is 0.272. The lowest BCUT2D eigenvalue weighted by Gasteiger charge is -2.48. The topological polar surface area (TPSA) is 248 Å². The molecule has 14 nitrogen and oxygen atoms in total. The molecular weight excluding hydrogens is 455 g/mol. The predicted octanol–water partition coefficient (Wildman–Crippen LogP) is -6.70. The molecule has 2 aliphatic heterocycles. The summed E-state index contributed by atoms with van der Waals surface area (Å²) in [5, 5.41) is 65.1. The van der Waals surface area contributed by atoms with Crippen molar-refractivity contribution in [3.63, 3.8) is 0 Å². The number of aliphatic hydroxyl groups is 6. The number of aliphatic hydroxyl groups excluding tert-OH is 6. The van der Waals surface area contributed by atoms with Crippen molar-refractivity contribution < 1.29 is 49.6 Å². The maximum absolute atomic E-state index is 11.0. The summed E-state index contributed by atoms with van der Waals surface area (Å²) in [5.74, 6) is 0. The molecule has 3 fully saturated rings. The first kappa shape index (κ1) is 28.1. The van der Waals surface area contributed by atoms with E-state index in [4.69, 9.17) is 36.1 Å². The van der Waals surface area contributed by atoms with Crippen LogP contribution in [0.15, 0.2) is 0 Å². The highest BCUT2D eigenvalue weighted by Gasteiger charge is 2.53. The molecule has 0 aromatic heterocycles. The molecule has 15 heteroatoms. The zero-order valence-electron chi connectivity index (χ0n) is 19.5. The molecule has 13 N–H and O–H groups in total. The van der Waals surface area contributed by atoms with E-state index >= 15 is 0 Å². The summed E-state index contributed by atoms with van der Waals surface area (Å²) < 4.78 is 23.1. The lowest BCUT2D eigenvalue weighted by molar-refractivity contribution is -0.315. The highest BCUT2D eigenvalue weighted by atomic mass is 16.7. The van der Waals surface area contributed by atoms with Crippen LogP contribution in [0, 0.1) is 0 Å². The Kier molecular flexibility index (Phi) is 9.31. The van der Waals surface area contributed by atoms with E-state index in [2.05, 4.69) is 5.23 Å². The lowest BCUT2D eigenvalue weighted by Crippen LogP contribution is -2.68. The Morgan fingerprint density at radius 2 is 1.41 bits per heavy atom. The van der Waals surface area contributed by atoms with Crippen molar-refractivity contribution in [2.75, 3.05) is 0 Å². The first-order valence-electron chi connectivity index (χ1n) is 11.5. The van der Waals surface area contributed by atoms with E-state index in [9.17, 15) is 30.6 Å². The van der Waals surface area contributed by atoms with Gasteiger partial charge in [-0.1, -0.05) is 0 Å². The van der Waals surface area contributed by atoms with Gasteiger partial charge in [-0.25, -0.2) is 0 Å². The van der Waals surface area contributed by atoms with Crippen molar-refractivity contribution in [2.45, 2.75) is 118 Å². The van der Waals surface area contributed by atoms with Crippen molar-refractivity contribution in [1.29, 1.82) is 0 Å². The summed E-state index contributed by atoms with van der Waals surface area (Å²) in [6, 6.07) is -3.02. The molecule has 1 saturated carbocycles. The summed E-state index contributed by atoms with van der Waals surface area (Å²) in [7, 11) is 1.64. The fourth-order valence-electron chi connectivity index (χ4n) is 4.82. The van der Waals surface area contributed by atoms with Crippen LogP contribution in [0.3, 0.4) is 0 Å². The minimum Gasteiger partial charge on any atom is -0.391 e. The van der Waals surface area contributed by atoms with Crippen LogP contribution in [0.5, 0.6) is 0 Å². The van der Waals surface area contributed by atoms with Crippen molar-refractivity contribution in [1.82, 2.24) is 5.23 Å². The van der Waals surface area contributed by atoms with E-state index in [1.165, 1.54) is 6.92 Å². The van der Waals surface area contributed by atoms with Gasteiger partial charge in [0.15, 0.2) is 20.6 Å². The summed E-state index contributed by atoms with van der Waals surface area (Å²) >= 11 is 0. The number of rotatable bonds is 7. The van der Waals surface area contributed by atoms with Crippen molar-refractivity contribution in [3.05, 3.63) is 0 Å². The quantitative estimate of drug-likeness (QED) is 0.148. The van der Waals surface area contributed by atoms with Crippen molar-refractivity contribution in [3.8, 4) is 0 Å².